The Morgan fingerprint density at radius 3 is 2.58 bits per heavy atom. The van der Waals surface area contributed by atoms with E-state index in [-0.39, 0.29) is 19.0 Å². The SMILES string of the molecule is CNC(=O)CNc1ncc(-c2cccc(CNC(=O)NC(=N)N)c2)cn1. The summed E-state index contributed by atoms with van der Waals surface area (Å²) < 4.78 is 0. The first-order valence-corrected chi connectivity index (χ1v) is 7.72. The molecule has 0 atom stereocenters. The molecule has 0 saturated heterocycles. The molecule has 26 heavy (non-hydrogen) atoms. The van der Waals surface area contributed by atoms with Gasteiger partial charge in [0, 0.05) is 31.5 Å². The summed E-state index contributed by atoms with van der Waals surface area (Å²) >= 11 is 0. The zero-order chi connectivity index (χ0) is 18.9. The van der Waals surface area contributed by atoms with Crippen LogP contribution in [0, 0.1) is 5.41 Å². The van der Waals surface area contributed by atoms with Gasteiger partial charge in [-0.15, -0.1) is 0 Å². The number of nitrogens with zero attached hydrogens (tertiary/aromatic N) is 2. The average molecular weight is 356 g/mol. The van der Waals surface area contributed by atoms with Crippen molar-refractivity contribution in [2.45, 2.75) is 6.54 Å². The molecule has 7 N–H and O–H groups in total. The van der Waals surface area contributed by atoms with Gasteiger partial charge in [-0.1, -0.05) is 18.2 Å². The van der Waals surface area contributed by atoms with Gasteiger partial charge in [-0.05, 0) is 17.2 Å². The molecule has 0 unspecified atom stereocenters. The lowest BCUT2D eigenvalue weighted by atomic mass is 10.1. The number of aromatic nitrogens is 2. The number of likely N-dealkylation sites (N-methyl/N-ethyl adjacent to an activating group) is 1. The summed E-state index contributed by atoms with van der Waals surface area (Å²) in [6, 6.07) is 6.96. The van der Waals surface area contributed by atoms with Crippen molar-refractivity contribution in [3.05, 3.63) is 42.2 Å². The molecule has 0 bridgehead atoms. The molecule has 136 valence electrons. The third-order valence-corrected chi connectivity index (χ3v) is 3.30. The molecule has 0 aliphatic rings. The molecular weight excluding hydrogens is 336 g/mol. The normalized spacial score (nSPS) is 9.88. The first kappa shape index (κ1) is 18.6. The van der Waals surface area contributed by atoms with Crippen molar-refractivity contribution in [3.63, 3.8) is 0 Å². The second-order valence-electron chi connectivity index (χ2n) is 5.24. The molecule has 3 amide bonds. The Bertz CT molecular complexity index is 791. The second kappa shape index (κ2) is 8.97. The van der Waals surface area contributed by atoms with E-state index >= 15 is 0 Å². The highest BCUT2D eigenvalue weighted by Crippen LogP contribution is 2.19. The number of hydrogen-bond acceptors (Lipinski definition) is 6. The summed E-state index contributed by atoms with van der Waals surface area (Å²) in [6.07, 6.45) is 3.29. The summed E-state index contributed by atoms with van der Waals surface area (Å²) in [5.74, 6) is -0.221. The molecule has 2 rings (SSSR count). The third kappa shape index (κ3) is 5.74. The molecule has 1 aromatic heterocycles. The number of nitrogens with two attached hydrogens (primary N) is 1. The summed E-state index contributed by atoms with van der Waals surface area (Å²) in [5.41, 5.74) is 7.63. The van der Waals surface area contributed by atoms with E-state index in [0.29, 0.717) is 5.95 Å². The molecule has 1 heterocycles. The zero-order valence-electron chi connectivity index (χ0n) is 14.2. The Morgan fingerprint density at radius 1 is 1.19 bits per heavy atom. The van der Waals surface area contributed by atoms with Crippen molar-refractivity contribution >= 4 is 23.8 Å². The van der Waals surface area contributed by atoms with Gasteiger partial charge in [0.1, 0.15) is 0 Å². The molecule has 2 aromatic rings. The van der Waals surface area contributed by atoms with Crippen molar-refractivity contribution in [1.82, 2.24) is 25.9 Å². The van der Waals surface area contributed by atoms with Crippen LogP contribution in [-0.4, -0.2) is 41.5 Å². The Kier molecular flexibility index (Phi) is 6.43. The fourth-order valence-electron chi connectivity index (χ4n) is 2.03. The smallest absolute Gasteiger partial charge is 0.321 e. The number of guanidine groups is 1. The Morgan fingerprint density at radius 2 is 1.92 bits per heavy atom. The second-order valence-corrected chi connectivity index (χ2v) is 5.24. The quantitative estimate of drug-likeness (QED) is 0.316. The van der Waals surface area contributed by atoms with Crippen molar-refractivity contribution < 1.29 is 9.59 Å². The van der Waals surface area contributed by atoms with Crippen molar-refractivity contribution in [2.75, 3.05) is 18.9 Å². The van der Waals surface area contributed by atoms with Crippen LogP contribution in [0.15, 0.2) is 36.7 Å². The molecule has 10 nitrogen and oxygen atoms in total. The van der Waals surface area contributed by atoms with Gasteiger partial charge in [0.2, 0.25) is 11.9 Å². The molecule has 0 aliphatic heterocycles. The molecule has 0 saturated carbocycles. The first-order chi connectivity index (χ1) is 12.5. The minimum Gasteiger partial charge on any atom is -0.370 e. The van der Waals surface area contributed by atoms with E-state index in [2.05, 4.69) is 31.2 Å². The van der Waals surface area contributed by atoms with Crippen LogP contribution in [0.2, 0.25) is 0 Å². The highest BCUT2D eigenvalue weighted by molar-refractivity contribution is 5.93. The highest BCUT2D eigenvalue weighted by Gasteiger charge is 2.05. The van der Waals surface area contributed by atoms with Gasteiger partial charge < -0.3 is 21.7 Å². The Hall–Kier alpha value is -3.69. The minimum absolute atomic E-state index is 0.0966. The van der Waals surface area contributed by atoms with Crippen molar-refractivity contribution in [2.24, 2.45) is 5.73 Å². The number of hydrogen-bond donors (Lipinski definition) is 6. The predicted molar refractivity (Wildman–Crippen MR) is 97.3 cm³/mol. The zero-order valence-corrected chi connectivity index (χ0v) is 14.2. The first-order valence-electron chi connectivity index (χ1n) is 7.72. The number of carbonyl (C=O) groups excluding carboxylic acids is 2. The summed E-state index contributed by atoms with van der Waals surface area (Å²) in [6.45, 7) is 0.374. The van der Waals surface area contributed by atoms with Crippen LogP contribution < -0.4 is 27.0 Å². The maximum atomic E-state index is 11.5. The van der Waals surface area contributed by atoms with Gasteiger partial charge in [0.25, 0.3) is 0 Å². The van der Waals surface area contributed by atoms with Gasteiger partial charge >= 0.3 is 6.03 Å². The molecule has 0 aliphatic carbocycles. The van der Waals surface area contributed by atoms with E-state index in [1.54, 1.807) is 19.4 Å². The average Bonchev–Trinajstić information content (AvgIpc) is 2.64. The molecular formula is C16H20N8O2. The number of benzene rings is 1. The number of nitrogens with one attached hydrogen (secondary N) is 5. The lowest BCUT2D eigenvalue weighted by Gasteiger charge is -2.08. The predicted octanol–water partition coefficient (Wildman–Crippen LogP) is -0.00583. The highest BCUT2D eigenvalue weighted by atomic mass is 16.2. The number of urea groups is 1. The largest absolute Gasteiger partial charge is 0.370 e. The van der Waals surface area contributed by atoms with Crippen LogP contribution in [0.4, 0.5) is 10.7 Å². The van der Waals surface area contributed by atoms with Crippen LogP contribution >= 0.6 is 0 Å². The number of carbonyl (C=O) groups is 2. The summed E-state index contributed by atoms with van der Waals surface area (Å²) in [4.78, 5) is 31.0. The Labute approximate surface area is 150 Å². The van der Waals surface area contributed by atoms with Gasteiger partial charge in [0.05, 0.1) is 6.54 Å². The van der Waals surface area contributed by atoms with Crippen LogP contribution in [0.25, 0.3) is 11.1 Å². The fraction of sp³-hybridized carbons (Fsp3) is 0.188. The van der Waals surface area contributed by atoms with Gasteiger partial charge in [-0.25, -0.2) is 14.8 Å². The van der Waals surface area contributed by atoms with Gasteiger partial charge in [0.15, 0.2) is 5.96 Å². The van der Waals surface area contributed by atoms with Crippen LogP contribution in [-0.2, 0) is 11.3 Å². The number of rotatable bonds is 6. The summed E-state index contributed by atoms with van der Waals surface area (Å²) in [5, 5.41) is 17.1. The van der Waals surface area contributed by atoms with Crippen LogP contribution in [0.1, 0.15) is 5.56 Å². The fourth-order valence-corrected chi connectivity index (χ4v) is 2.03. The van der Waals surface area contributed by atoms with Gasteiger partial charge in [-0.2, -0.15) is 0 Å². The lowest BCUT2D eigenvalue weighted by molar-refractivity contribution is -0.118. The lowest BCUT2D eigenvalue weighted by Crippen LogP contribution is -2.42. The molecule has 0 fully saturated rings. The van der Waals surface area contributed by atoms with E-state index in [1.807, 2.05) is 24.3 Å². The van der Waals surface area contributed by atoms with E-state index < -0.39 is 12.0 Å². The number of amides is 3. The maximum Gasteiger partial charge on any atom is 0.321 e. The molecule has 0 radical (unpaired) electrons. The maximum absolute atomic E-state index is 11.5. The molecule has 0 spiro atoms. The monoisotopic (exact) mass is 356 g/mol. The standard InChI is InChI=1S/C16H20N8O2/c1-19-13(25)9-22-15-20-7-12(8-21-15)11-4-2-3-10(5-11)6-23-16(26)24-14(17)18/h2-5,7-8H,6,9H2,1H3,(H,19,25)(H,20,21,22)(H5,17,18,23,24,26). The Balaban J connectivity index is 1.99. The van der Waals surface area contributed by atoms with E-state index in [9.17, 15) is 9.59 Å². The molecule has 1 aromatic carbocycles. The molecule has 10 heteroatoms. The topological polar surface area (TPSA) is 158 Å². The van der Waals surface area contributed by atoms with Crippen LogP contribution in [0.5, 0.6) is 0 Å². The van der Waals surface area contributed by atoms with Gasteiger partial charge in [-0.3, -0.25) is 15.5 Å². The van der Waals surface area contributed by atoms with E-state index in [4.69, 9.17) is 11.1 Å². The summed E-state index contributed by atoms with van der Waals surface area (Å²) in [7, 11) is 1.56. The van der Waals surface area contributed by atoms with Crippen molar-refractivity contribution in [1.29, 1.82) is 5.41 Å². The van der Waals surface area contributed by atoms with E-state index in [1.165, 1.54) is 0 Å². The minimum atomic E-state index is -0.544. The number of anilines is 1. The van der Waals surface area contributed by atoms with E-state index in [0.717, 1.165) is 16.7 Å². The van der Waals surface area contributed by atoms with Crippen molar-refractivity contribution in [3.8, 4) is 11.1 Å². The van der Waals surface area contributed by atoms with Crippen LogP contribution in [0.3, 0.4) is 0 Å². The third-order valence-electron chi connectivity index (χ3n) is 3.30.